The number of allylic oxidation sites excluding steroid dienone is 2. The first-order valence-corrected chi connectivity index (χ1v) is 11.0. The number of hydrogen-bond donors (Lipinski definition) is 2. The summed E-state index contributed by atoms with van der Waals surface area (Å²) < 4.78 is 13.1. The predicted octanol–water partition coefficient (Wildman–Crippen LogP) is 2.46. The lowest BCUT2D eigenvalue weighted by molar-refractivity contribution is -0.139. The molecule has 32 heavy (non-hydrogen) atoms. The van der Waals surface area contributed by atoms with Crippen LogP contribution in [0.2, 0.25) is 0 Å². The van der Waals surface area contributed by atoms with Gasteiger partial charge in [0, 0.05) is 30.4 Å². The molecule has 1 unspecified atom stereocenters. The van der Waals surface area contributed by atoms with E-state index in [2.05, 4.69) is 24.1 Å². The first kappa shape index (κ1) is 22.2. The predicted molar refractivity (Wildman–Crippen MR) is 120 cm³/mol. The molecule has 1 aliphatic heterocycles. The number of pyridine rings is 1. The maximum Gasteiger partial charge on any atom is 0.336 e. The van der Waals surface area contributed by atoms with Crippen molar-refractivity contribution in [2.24, 2.45) is 11.1 Å². The van der Waals surface area contributed by atoms with Crippen molar-refractivity contribution < 1.29 is 19.1 Å². The van der Waals surface area contributed by atoms with E-state index < -0.39 is 11.9 Å². The first-order valence-electron chi connectivity index (χ1n) is 11.0. The Labute approximate surface area is 187 Å². The van der Waals surface area contributed by atoms with Gasteiger partial charge in [0.2, 0.25) is 0 Å². The summed E-state index contributed by atoms with van der Waals surface area (Å²) in [5, 5.41) is 3.36. The summed E-state index contributed by atoms with van der Waals surface area (Å²) in [6, 6.07) is 5.77. The van der Waals surface area contributed by atoms with Gasteiger partial charge in [0.05, 0.1) is 48.7 Å². The van der Waals surface area contributed by atoms with Gasteiger partial charge in [0.15, 0.2) is 5.78 Å². The lowest BCUT2D eigenvalue weighted by atomic mass is 9.70. The minimum atomic E-state index is -0.643. The standard InChI is InChI=1S/C24H30N4O4/c1-4-32-23(30)20-17(14-31-10-8-25)27-16-11-24(2,3)12-18(29)19(16)21(20)22-26-13-15-7-5-6-9-28(15)22/h5-7,9,13,21,27H,4,8,10-12,14,25H2,1-3H3. The molecular weight excluding hydrogens is 408 g/mol. The minimum Gasteiger partial charge on any atom is -0.463 e. The van der Waals surface area contributed by atoms with E-state index in [4.69, 9.17) is 15.2 Å². The van der Waals surface area contributed by atoms with Crippen LogP contribution in [0.3, 0.4) is 0 Å². The molecule has 3 N–H and O–H groups in total. The van der Waals surface area contributed by atoms with Crippen molar-refractivity contribution >= 4 is 17.3 Å². The fourth-order valence-electron chi connectivity index (χ4n) is 4.61. The van der Waals surface area contributed by atoms with Gasteiger partial charge in [-0.05, 0) is 30.9 Å². The van der Waals surface area contributed by atoms with Gasteiger partial charge in [0.25, 0.3) is 0 Å². The molecule has 0 spiro atoms. The van der Waals surface area contributed by atoms with E-state index in [1.807, 2.05) is 28.8 Å². The van der Waals surface area contributed by atoms with Crippen molar-refractivity contribution in [3.8, 4) is 0 Å². The summed E-state index contributed by atoms with van der Waals surface area (Å²) in [5.41, 5.74) is 8.67. The molecule has 2 aliphatic rings. The van der Waals surface area contributed by atoms with E-state index >= 15 is 0 Å². The highest BCUT2D eigenvalue weighted by Crippen LogP contribution is 2.46. The third kappa shape index (κ3) is 4.08. The third-order valence-corrected chi connectivity index (χ3v) is 5.85. The number of esters is 1. The van der Waals surface area contributed by atoms with Gasteiger partial charge in [-0.2, -0.15) is 0 Å². The maximum atomic E-state index is 13.4. The zero-order valence-corrected chi connectivity index (χ0v) is 18.8. The topological polar surface area (TPSA) is 108 Å². The normalized spacial score (nSPS) is 20.4. The number of nitrogens with zero attached hydrogens (tertiary/aromatic N) is 2. The van der Waals surface area contributed by atoms with Crippen LogP contribution in [0.25, 0.3) is 5.52 Å². The fourth-order valence-corrected chi connectivity index (χ4v) is 4.61. The van der Waals surface area contributed by atoms with Crippen LogP contribution < -0.4 is 11.1 Å². The number of ketones is 1. The molecule has 4 rings (SSSR count). The molecular formula is C24H30N4O4. The van der Waals surface area contributed by atoms with Crippen LogP contribution in [0, 0.1) is 5.41 Å². The smallest absolute Gasteiger partial charge is 0.336 e. The molecule has 0 bridgehead atoms. The second-order valence-electron chi connectivity index (χ2n) is 8.96. The zero-order valence-electron chi connectivity index (χ0n) is 18.8. The van der Waals surface area contributed by atoms with E-state index in [1.54, 1.807) is 13.1 Å². The molecule has 8 nitrogen and oxygen atoms in total. The second kappa shape index (κ2) is 8.88. The molecule has 0 fully saturated rings. The number of imidazole rings is 1. The molecule has 0 saturated heterocycles. The number of nitrogens with two attached hydrogens (primary N) is 1. The van der Waals surface area contributed by atoms with Crippen molar-refractivity contribution in [1.29, 1.82) is 0 Å². The van der Waals surface area contributed by atoms with Gasteiger partial charge in [0.1, 0.15) is 5.82 Å². The van der Waals surface area contributed by atoms with E-state index in [0.29, 0.717) is 48.7 Å². The van der Waals surface area contributed by atoms with Crippen molar-refractivity contribution in [2.45, 2.75) is 39.5 Å². The lowest BCUT2D eigenvalue weighted by Gasteiger charge is -2.39. The summed E-state index contributed by atoms with van der Waals surface area (Å²) >= 11 is 0. The molecule has 0 saturated carbocycles. The SMILES string of the molecule is CCOC(=O)C1=C(COCCN)NC2=C(C(=O)CC(C)(C)C2)C1c1ncc2ccccn12. The average molecular weight is 439 g/mol. The summed E-state index contributed by atoms with van der Waals surface area (Å²) in [6.45, 7) is 7.03. The Kier molecular flexibility index (Phi) is 6.17. The molecule has 3 heterocycles. The molecule has 0 aromatic carbocycles. The number of carbonyl (C=O) groups excluding carboxylic acids is 2. The largest absolute Gasteiger partial charge is 0.463 e. The van der Waals surface area contributed by atoms with Crippen LogP contribution in [0.5, 0.6) is 0 Å². The second-order valence-corrected chi connectivity index (χ2v) is 8.96. The average Bonchev–Trinajstić information content (AvgIpc) is 3.16. The van der Waals surface area contributed by atoms with Gasteiger partial charge >= 0.3 is 5.97 Å². The first-order chi connectivity index (χ1) is 15.4. The van der Waals surface area contributed by atoms with Gasteiger partial charge in [-0.25, -0.2) is 9.78 Å². The van der Waals surface area contributed by atoms with E-state index in [1.165, 1.54) is 0 Å². The van der Waals surface area contributed by atoms with Crippen molar-refractivity contribution in [1.82, 2.24) is 14.7 Å². The number of Topliss-reactive ketones (excluding diaryl/α,β-unsaturated/α-hetero) is 1. The number of dihydropyridines is 1. The van der Waals surface area contributed by atoms with Crippen LogP contribution in [0.15, 0.2) is 53.1 Å². The Bertz CT molecular complexity index is 1110. The summed E-state index contributed by atoms with van der Waals surface area (Å²) in [7, 11) is 0. The summed E-state index contributed by atoms with van der Waals surface area (Å²) in [4.78, 5) is 31.3. The van der Waals surface area contributed by atoms with Crippen molar-refractivity contribution in [3.63, 3.8) is 0 Å². The Balaban J connectivity index is 1.92. The van der Waals surface area contributed by atoms with Gasteiger partial charge in [-0.3, -0.25) is 4.79 Å². The van der Waals surface area contributed by atoms with Gasteiger partial charge in [-0.1, -0.05) is 19.9 Å². The quantitative estimate of drug-likeness (QED) is 0.505. The number of hydrogen-bond acceptors (Lipinski definition) is 7. The highest BCUT2D eigenvalue weighted by molar-refractivity contribution is 6.04. The molecule has 8 heteroatoms. The Morgan fingerprint density at radius 1 is 1.34 bits per heavy atom. The van der Waals surface area contributed by atoms with Crippen LogP contribution >= 0.6 is 0 Å². The van der Waals surface area contributed by atoms with Crippen molar-refractivity contribution in [3.05, 3.63) is 59.0 Å². The lowest BCUT2D eigenvalue weighted by Crippen LogP contribution is -2.40. The molecule has 1 aliphatic carbocycles. The Morgan fingerprint density at radius 3 is 2.91 bits per heavy atom. The summed E-state index contributed by atoms with van der Waals surface area (Å²) in [5.74, 6) is -0.490. The van der Waals surface area contributed by atoms with Crippen LogP contribution in [-0.4, -0.2) is 47.5 Å². The minimum absolute atomic E-state index is 0.0187. The summed E-state index contributed by atoms with van der Waals surface area (Å²) in [6.07, 6.45) is 4.74. The molecule has 2 aromatic rings. The zero-order chi connectivity index (χ0) is 22.9. The number of nitrogens with one attached hydrogen (secondary N) is 1. The third-order valence-electron chi connectivity index (χ3n) is 5.85. The maximum absolute atomic E-state index is 13.4. The number of carbonyl (C=O) groups is 2. The number of rotatable bonds is 7. The van der Waals surface area contributed by atoms with E-state index in [0.717, 1.165) is 11.2 Å². The molecule has 2 aromatic heterocycles. The molecule has 0 radical (unpaired) electrons. The number of fused-ring (bicyclic) bond motifs is 1. The van der Waals surface area contributed by atoms with E-state index in [-0.39, 0.29) is 24.4 Å². The van der Waals surface area contributed by atoms with Crippen LogP contribution in [0.1, 0.15) is 45.4 Å². The Hall–Kier alpha value is -2.97. The molecule has 170 valence electrons. The highest BCUT2D eigenvalue weighted by Gasteiger charge is 2.45. The Morgan fingerprint density at radius 2 is 2.16 bits per heavy atom. The molecule has 1 atom stereocenters. The van der Waals surface area contributed by atoms with E-state index in [9.17, 15) is 9.59 Å². The van der Waals surface area contributed by atoms with Crippen LogP contribution in [0.4, 0.5) is 0 Å². The number of ether oxygens (including phenoxy) is 2. The monoisotopic (exact) mass is 438 g/mol. The van der Waals surface area contributed by atoms with Gasteiger partial charge < -0.3 is 24.9 Å². The van der Waals surface area contributed by atoms with Crippen LogP contribution in [-0.2, 0) is 19.1 Å². The number of aromatic nitrogens is 2. The van der Waals surface area contributed by atoms with Gasteiger partial charge in [-0.15, -0.1) is 0 Å². The fraction of sp³-hybridized carbons (Fsp3) is 0.458. The molecule has 0 amide bonds. The highest BCUT2D eigenvalue weighted by atomic mass is 16.5. The van der Waals surface area contributed by atoms with Crippen molar-refractivity contribution in [2.75, 3.05) is 26.4 Å².